The summed E-state index contributed by atoms with van der Waals surface area (Å²) < 4.78 is 5.65. The third-order valence-electron chi connectivity index (χ3n) is 4.75. The molecule has 150 valence electrons. The van der Waals surface area contributed by atoms with Crippen LogP contribution in [0.5, 0.6) is 5.75 Å². The standard InChI is InChI=1S/C23H30N2O3/c1-5-18(3)24-23(27)19(4)25(15-20-9-7-6-8-10-20)22(26)16-28-21-13-11-17(2)12-14-21/h6-14,18-19H,5,15-16H2,1-4H3,(H,24,27)/t18-,19+/m0/s1. The van der Waals surface area contributed by atoms with Crippen molar-refractivity contribution in [2.45, 2.75) is 52.7 Å². The lowest BCUT2D eigenvalue weighted by Gasteiger charge is -2.29. The number of carbonyl (C=O) groups is 2. The van der Waals surface area contributed by atoms with E-state index >= 15 is 0 Å². The highest BCUT2D eigenvalue weighted by Gasteiger charge is 2.27. The van der Waals surface area contributed by atoms with Crippen LogP contribution < -0.4 is 10.1 Å². The second-order valence-electron chi connectivity index (χ2n) is 7.10. The van der Waals surface area contributed by atoms with E-state index in [1.807, 2.05) is 75.4 Å². The maximum atomic E-state index is 12.9. The molecule has 2 aromatic carbocycles. The summed E-state index contributed by atoms with van der Waals surface area (Å²) in [5.74, 6) is 0.250. The second-order valence-corrected chi connectivity index (χ2v) is 7.10. The number of hydrogen-bond donors (Lipinski definition) is 1. The fourth-order valence-corrected chi connectivity index (χ4v) is 2.69. The zero-order valence-corrected chi connectivity index (χ0v) is 17.1. The summed E-state index contributed by atoms with van der Waals surface area (Å²) in [5.41, 5.74) is 2.09. The van der Waals surface area contributed by atoms with Gasteiger partial charge in [-0.2, -0.15) is 0 Å². The zero-order chi connectivity index (χ0) is 20.5. The zero-order valence-electron chi connectivity index (χ0n) is 17.1. The Hall–Kier alpha value is -2.82. The Labute approximate surface area is 167 Å². The molecule has 2 atom stereocenters. The van der Waals surface area contributed by atoms with E-state index in [1.54, 1.807) is 11.8 Å². The quantitative estimate of drug-likeness (QED) is 0.719. The third-order valence-corrected chi connectivity index (χ3v) is 4.75. The van der Waals surface area contributed by atoms with Gasteiger partial charge in [0.15, 0.2) is 6.61 Å². The van der Waals surface area contributed by atoms with E-state index in [0.717, 1.165) is 17.5 Å². The summed E-state index contributed by atoms with van der Waals surface area (Å²) >= 11 is 0. The first-order valence-electron chi connectivity index (χ1n) is 9.74. The molecule has 2 rings (SSSR count). The van der Waals surface area contributed by atoms with Crippen LogP contribution in [0.3, 0.4) is 0 Å². The number of hydrogen-bond acceptors (Lipinski definition) is 3. The monoisotopic (exact) mass is 382 g/mol. The Morgan fingerprint density at radius 1 is 1.04 bits per heavy atom. The van der Waals surface area contributed by atoms with Crippen LogP contribution in [0, 0.1) is 6.92 Å². The van der Waals surface area contributed by atoms with Gasteiger partial charge in [0.1, 0.15) is 11.8 Å². The fourth-order valence-electron chi connectivity index (χ4n) is 2.69. The van der Waals surface area contributed by atoms with Gasteiger partial charge in [-0.25, -0.2) is 0 Å². The first-order valence-corrected chi connectivity index (χ1v) is 9.74. The van der Waals surface area contributed by atoms with Gasteiger partial charge in [0.2, 0.25) is 5.91 Å². The number of ether oxygens (including phenoxy) is 1. The number of aryl methyl sites for hydroxylation is 1. The highest BCUT2D eigenvalue weighted by Crippen LogP contribution is 2.14. The van der Waals surface area contributed by atoms with E-state index in [-0.39, 0.29) is 24.5 Å². The minimum atomic E-state index is -0.594. The van der Waals surface area contributed by atoms with Crippen molar-refractivity contribution in [3.8, 4) is 5.75 Å². The maximum Gasteiger partial charge on any atom is 0.261 e. The summed E-state index contributed by atoms with van der Waals surface area (Å²) in [6.45, 7) is 7.95. The predicted octanol–water partition coefficient (Wildman–Crippen LogP) is 3.71. The molecule has 0 unspecified atom stereocenters. The van der Waals surface area contributed by atoms with Crippen LogP contribution in [0.1, 0.15) is 38.3 Å². The van der Waals surface area contributed by atoms with Crippen molar-refractivity contribution in [2.75, 3.05) is 6.61 Å². The molecule has 2 amide bonds. The van der Waals surface area contributed by atoms with Crippen molar-refractivity contribution in [1.82, 2.24) is 10.2 Å². The van der Waals surface area contributed by atoms with E-state index in [4.69, 9.17) is 4.74 Å². The Morgan fingerprint density at radius 3 is 2.29 bits per heavy atom. The molecule has 0 fully saturated rings. The summed E-state index contributed by atoms with van der Waals surface area (Å²) in [7, 11) is 0. The molecular formula is C23H30N2O3. The molecule has 2 aromatic rings. The fraction of sp³-hybridized carbons (Fsp3) is 0.391. The molecule has 0 saturated heterocycles. The van der Waals surface area contributed by atoms with Crippen LogP contribution in [0.15, 0.2) is 54.6 Å². The van der Waals surface area contributed by atoms with Crippen LogP contribution in [0.2, 0.25) is 0 Å². The molecule has 0 aromatic heterocycles. The molecule has 0 heterocycles. The molecule has 5 nitrogen and oxygen atoms in total. The van der Waals surface area contributed by atoms with Gasteiger partial charge in [0, 0.05) is 12.6 Å². The summed E-state index contributed by atoms with van der Waals surface area (Å²) in [5, 5.41) is 2.96. The van der Waals surface area contributed by atoms with Gasteiger partial charge in [-0.05, 0) is 44.9 Å². The van der Waals surface area contributed by atoms with Crippen LogP contribution in [-0.2, 0) is 16.1 Å². The highest BCUT2D eigenvalue weighted by molar-refractivity contribution is 5.88. The first-order chi connectivity index (χ1) is 13.4. The molecule has 0 aliphatic carbocycles. The van der Waals surface area contributed by atoms with E-state index < -0.39 is 6.04 Å². The minimum absolute atomic E-state index is 0.0624. The van der Waals surface area contributed by atoms with Gasteiger partial charge in [-0.1, -0.05) is 55.0 Å². The van der Waals surface area contributed by atoms with Gasteiger partial charge in [0.25, 0.3) is 5.91 Å². The maximum absolute atomic E-state index is 12.9. The number of benzene rings is 2. The van der Waals surface area contributed by atoms with Crippen molar-refractivity contribution in [1.29, 1.82) is 0 Å². The molecule has 1 N–H and O–H groups in total. The van der Waals surface area contributed by atoms with Crippen molar-refractivity contribution in [3.05, 3.63) is 65.7 Å². The van der Waals surface area contributed by atoms with Crippen LogP contribution in [0.25, 0.3) is 0 Å². The molecule has 0 aliphatic heterocycles. The van der Waals surface area contributed by atoms with Crippen LogP contribution >= 0.6 is 0 Å². The average Bonchev–Trinajstić information content (AvgIpc) is 2.71. The first kappa shape index (κ1) is 21.5. The molecule has 0 bridgehead atoms. The molecular weight excluding hydrogens is 352 g/mol. The number of amides is 2. The molecule has 5 heteroatoms. The van der Waals surface area contributed by atoms with Gasteiger partial charge >= 0.3 is 0 Å². The predicted molar refractivity (Wildman–Crippen MR) is 111 cm³/mol. The average molecular weight is 383 g/mol. The van der Waals surface area contributed by atoms with Gasteiger partial charge < -0.3 is 15.0 Å². The molecule has 0 radical (unpaired) electrons. The number of nitrogens with one attached hydrogen (secondary N) is 1. The van der Waals surface area contributed by atoms with Crippen molar-refractivity contribution in [3.63, 3.8) is 0 Å². The molecule has 28 heavy (non-hydrogen) atoms. The molecule has 0 saturated carbocycles. The van der Waals surface area contributed by atoms with Gasteiger partial charge in [-0.3, -0.25) is 9.59 Å². The van der Waals surface area contributed by atoms with E-state index in [1.165, 1.54) is 0 Å². The highest BCUT2D eigenvalue weighted by atomic mass is 16.5. The van der Waals surface area contributed by atoms with Crippen molar-refractivity contribution >= 4 is 11.8 Å². The molecule has 0 spiro atoms. The summed E-state index contributed by atoms with van der Waals surface area (Å²) in [4.78, 5) is 27.1. The third kappa shape index (κ3) is 6.41. The normalized spacial score (nSPS) is 12.7. The minimum Gasteiger partial charge on any atom is -0.484 e. The Kier molecular flexibility index (Phi) is 8.05. The Balaban J connectivity index is 2.10. The topological polar surface area (TPSA) is 58.6 Å². The van der Waals surface area contributed by atoms with E-state index in [0.29, 0.717) is 12.3 Å². The summed E-state index contributed by atoms with van der Waals surface area (Å²) in [6.07, 6.45) is 0.835. The lowest BCUT2D eigenvalue weighted by molar-refractivity contribution is -0.142. The van der Waals surface area contributed by atoms with Gasteiger partial charge in [0.05, 0.1) is 0 Å². The lowest BCUT2D eigenvalue weighted by atomic mass is 10.1. The lowest BCUT2D eigenvalue weighted by Crippen LogP contribution is -2.50. The SMILES string of the molecule is CC[C@H](C)NC(=O)[C@@H](C)N(Cc1ccccc1)C(=O)COc1ccc(C)cc1. The van der Waals surface area contributed by atoms with E-state index in [9.17, 15) is 9.59 Å². The second kappa shape index (κ2) is 10.5. The van der Waals surface area contributed by atoms with Crippen molar-refractivity contribution in [2.24, 2.45) is 0 Å². The summed E-state index contributed by atoms with van der Waals surface area (Å²) in [6, 6.07) is 16.7. The molecule has 0 aliphatic rings. The van der Waals surface area contributed by atoms with Crippen LogP contribution in [0.4, 0.5) is 0 Å². The number of carbonyl (C=O) groups excluding carboxylic acids is 2. The largest absolute Gasteiger partial charge is 0.484 e. The Bertz CT molecular complexity index is 759. The Morgan fingerprint density at radius 2 is 1.68 bits per heavy atom. The van der Waals surface area contributed by atoms with Crippen LogP contribution in [-0.4, -0.2) is 35.4 Å². The number of nitrogens with zero attached hydrogens (tertiary/aromatic N) is 1. The van der Waals surface area contributed by atoms with Crippen molar-refractivity contribution < 1.29 is 14.3 Å². The smallest absolute Gasteiger partial charge is 0.261 e. The van der Waals surface area contributed by atoms with Gasteiger partial charge in [-0.15, -0.1) is 0 Å². The number of rotatable bonds is 9. The van der Waals surface area contributed by atoms with E-state index in [2.05, 4.69) is 5.32 Å².